The molecule has 5 heteroatoms. The first-order valence-corrected chi connectivity index (χ1v) is 7.22. The van der Waals surface area contributed by atoms with E-state index in [0.29, 0.717) is 10.6 Å². The normalized spacial score (nSPS) is 11.2. The second-order valence-electron chi connectivity index (χ2n) is 3.72. The molecule has 0 bridgehead atoms. The Morgan fingerprint density at radius 3 is 2.17 bits per heavy atom. The molecule has 0 spiro atoms. The van der Waals surface area contributed by atoms with E-state index in [1.165, 1.54) is 12.1 Å². The lowest BCUT2D eigenvalue weighted by Gasteiger charge is -2.06. The molecule has 3 nitrogen and oxygen atoms in total. The zero-order chi connectivity index (χ0) is 13.0. The van der Waals surface area contributed by atoms with Crippen LogP contribution in [-0.2, 0) is 15.9 Å². The second-order valence-corrected chi connectivity index (χ2v) is 5.73. The van der Waals surface area contributed by atoms with Crippen LogP contribution in [0.3, 0.4) is 0 Å². The summed E-state index contributed by atoms with van der Waals surface area (Å²) in [6.07, 6.45) is 0. The highest BCUT2D eigenvalue weighted by Crippen LogP contribution is 2.18. The molecule has 0 aromatic heterocycles. The molecule has 0 fully saturated rings. The molecule has 0 aliphatic heterocycles. The van der Waals surface area contributed by atoms with E-state index < -0.39 is 10.1 Å². The standard InChI is InChI=1S/C13H11ClO3S/c14-12-6-8-13(9-7-12)17-18(15,16)10-11-4-2-1-3-5-11/h1-9H,10H2. The van der Waals surface area contributed by atoms with Gasteiger partial charge in [0, 0.05) is 5.02 Å². The number of hydrogen-bond acceptors (Lipinski definition) is 3. The summed E-state index contributed by atoms with van der Waals surface area (Å²) in [4.78, 5) is 0. The fourth-order valence-electron chi connectivity index (χ4n) is 1.44. The molecular formula is C13H11ClO3S. The molecule has 0 radical (unpaired) electrons. The molecule has 0 aliphatic carbocycles. The molecule has 0 saturated heterocycles. The monoisotopic (exact) mass is 282 g/mol. The Bertz CT molecular complexity index is 606. The molecular weight excluding hydrogens is 272 g/mol. The highest BCUT2D eigenvalue weighted by molar-refractivity contribution is 7.86. The summed E-state index contributed by atoms with van der Waals surface area (Å²) in [6, 6.07) is 15.1. The highest BCUT2D eigenvalue weighted by Gasteiger charge is 2.13. The third-order valence-electron chi connectivity index (χ3n) is 2.22. The Hall–Kier alpha value is -1.52. The highest BCUT2D eigenvalue weighted by atomic mass is 35.5. The molecule has 0 amide bonds. The lowest BCUT2D eigenvalue weighted by Crippen LogP contribution is -2.11. The summed E-state index contributed by atoms with van der Waals surface area (Å²) >= 11 is 5.71. The molecule has 0 unspecified atom stereocenters. The van der Waals surface area contributed by atoms with E-state index in [1.54, 1.807) is 36.4 Å². The summed E-state index contributed by atoms with van der Waals surface area (Å²) in [5.74, 6) is 0.103. The summed E-state index contributed by atoms with van der Waals surface area (Å²) < 4.78 is 28.6. The number of rotatable bonds is 4. The second kappa shape index (κ2) is 5.42. The van der Waals surface area contributed by atoms with Crippen LogP contribution in [0.15, 0.2) is 54.6 Å². The first-order valence-electron chi connectivity index (χ1n) is 5.27. The van der Waals surface area contributed by atoms with Gasteiger partial charge < -0.3 is 4.18 Å². The van der Waals surface area contributed by atoms with Gasteiger partial charge >= 0.3 is 10.1 Å². The number of benzene rings is 2. The lowest BCUT2D eigenvalue weighted by molar-refractivity contribution is 0.485. The average molecular weight is 283 g/mol. The largest absolute Gasteiger partial charge is 0.382 e. The van der Waals surface area contributed by atoms with E-state index in [2.05, 4.69) is 0 Å². The maximum Gasteiger partial charge on any atom is 0.313 e. The first kappa shape index (κ1) is 12.9. The zero-order valence-corrected chi connectivity index (χ0v) is 11.0. The van der Waals surface area contributed by atoms with Gasteiger partial charge in [0.05, 0.1) is 0 Å². The SMILES string of the molecule is O=S(=O)(Cc1ccccc1)Oc1ccc(Cl)cc1. The van der Waals surface area contributed by atoms with Crippen molar-refractivity contribution in [1.29, 1.82) is 0 Å². The summed E-state index contributed by atoms with van der Waals surface area (Å²) in [5.41, 5.74) is 0.687. The van der Waals surface area contributed by atoms with Gasteiger partial charge in [0.1, 0.15) is 11.5 Å². The van der Waals surface area contributed by atoms with Crippen molar-refractivity contribution < 1.29 is 12.6 Å². The maximum atomic E-state index is 11.8. The molecule has 0 heterocycles. The third kappa shape index (κ3) is 3.75. The molecule has 0 aliphatic rings. The average Bonchev–Trinajstić information content (AvgIpc) is 2.32. The topological polar surface area (TPSA) is 43.4 Å². The van der Waals surface area contributed by atoms with Gasteiger partial charge in [-0.25, -0.2) is 0 Å². The molecule has 0 N–H and O–H groups in total. The van der Waals surface area contributed by atoms with E-state index in [0.717, 1.165) is 0 Å². The Labute approximate surface area is 111 Å². The fraction of sp³-hybridized carbons (Fsp3) is 0.0769. The number of halogens is 1. The number of hydrogen-bond donors (Lipinski definition) is 0. The van der Waals surface area contributed by atoms with Crippen molar-refractivity contribution in [2.75, 3.05) is 0 Å². The smallest absolute Gasteiger partial charge is 0.313 e. The molecule has 2 aromatic carbocycles. The Morgan fingerprint density at radius 2 is 1.56 bits per heavy atom. The minimum absolute atomic E-state index is 0.156. The van der Waals surface area contributed by atoms with Gasteiger partial charge in [-0.2, -0.15) is 8.42 Å². The van der Waals surface area contributed by atoms with Crippen LogP contribution in [0.25, 0.3) is 0 Å². The summed E-state index contributed by atoms with van der Waals surface area (Å²) in [7, 11) is -3.64. The fourth-order valence-corrected chi connectivity index (χ4v) is 2.63. The molecule has 0 atom stereocenters. The van der Waals surface area contributed by atoms with Gasteiger partial charge in [0.15, 0.2) is 0 Å². The van der Waals surface area contributed by atoms with Crippen molar-refractivity contribution >= 4 is 21.7 Å². The predicted molar refractivity (Wildman–Crippen MR) is 71.1 cm³/mol. The van der Waals surface area contributed by atoms with Crippen LogP contribution in [0.4, 0.5) is 0 Å². The van der Waals surface area contributed by atoms with Crippen LogP contribution >= 0.6 is 11.6 Å². The van der Waals surface area contributed by atoms with E-state index >= 15 is 0 Å². The van der Waals surface area contributed by atoms with Crippen LogP contribution in [0, 0.1) is 0 Å². The van der Waals surface area contributed by atoms with Crippen molar-refractivity contribution in [3.8, 4) is 5.75 Å². The van der Waals surface area contributed by atoms with Gasteiger partial charge in [0.25, 0.3) is 0 Å². The molecule has 2 rings (SSSR count). The van der Waals surface area contributed by atoms with E-state index in [9.17, 15) is 8.42 Å². The molecule has 2 aromatic rings. The van der Waals surface area contributed by atoms with Crippen LogP contribution in [-0.4, -0.2) is 8.42 Å². The Balaban J connectivity index is 2.10. The predicted octanol–water partition coefficient (Wildman–Crippen LogP) is 3.25. The van der Waals surface area contributed by atoms with Gasteiger partial charge in [-0.3, -0.25) is 0 Å². The molecule has 18 heavy (non-hydrogen) atoms. The quantitative estimate of drug-likeness (QED) is 0.809. The molecule has 94 valence electrons. The lowest BCUT2D eigenvalue weighted by atomic mass is 10.2. The Morgan fingerprint density at radius 1 is 0.944 bits per heavy atom. The van der Waals surface area contributed by atoms with E-state index in [4.69, 9.17) is 15.8 Å². The van der Waals surface area contributed by atoms with Crippen LogP contribution in [0.5, 0.6) is 5.75 Å². The van der Waals surface area contributed by atoms with Crippen molar-refractivity contribution in [2.45, 2.75) is 5.75 Å². The van der Waals surface area contributed by atoms with Gasteiger partial charge in [0.2, 0.25) is 0 Å². The van der Waals surface area contributed by atoms with Crippen molar-refractivity contribution in [3.63, 3.8) is 0 Å². The van der Waals surface area contributed by atoms with Crippen molar-refractivity contribution in [3.05, 3.63) is 65.2 Å². The summed E-state index contributed by atoms with van der Waals surface area (Å²) in [6.45, 7) is 0. The third-order valence-corrected chi connectivity index (χ3v) is 3.61. The van der Waals surface area contributed by atoms with E-state index in [1.807, 2.05) is 6.07 Å². The van der Waals surface area contributed by atoms with Crippen LogP contribution in [0.2, 0.25) is 5.02 Å². The van der Waals surface area contributed by atoms with Gasteiger partial charge in [-0.05, 0) is 29.8 Å². The Kier molecular flexibility index (Phi) is 3.89. The molecule has 0 saturated carbocycles. The van der Waals surface area contributed by atoms with Crippen LogP contribution < -0.4 is 4.18 Å². The minimum atomic E-state index is -3.64. The van der Waals surface area contributed by atoms with E-state index in [-0.39, 0.29) is 11.5 Å². The van der Waals surface area contributed by atoms with Crippen molar-refractivity contribution in [1.82, 2.24) is 0 Å². The zero-order valence-electron chi connectivity index (χ0n) is 9.41. The maximum absolute atomic E-state index is 11.8. The van der Waals surface area contributed by atoms with Crippen LogP contribution in [0.1, 0.15) is 5.56 Å². The van der Waals surface area contributed by atoms with Crippen molar-refractivity contribution in [2.24, 2.45) is 0 Å². The van der Waals surface area contributed by atoms with Gasteiger partial charge in [-0.1, -0.05) is 41.9 Å². The first-order chi connectivity index (χ1) is 8.55. The minimum Gasteiger partial charge on any atom is -0.382 e. The van der Waals surface area contributed by atoms with Gasteiger partial charge in [-0.15, -0.1) is 0 Å². The summed E-state index contributed by atoms with van der Waals surface area (Å²) in [5, 5.41) is 0.530.